The number of hydrogen-bond donors (Lipinski definition) is 0. The van der Waals surface area contributed by atoms with Crippen LogP contribution in [0.5, 0.6) is 0 Å². The molecule has 0 spiro atoms. The van der Waals surface area contributed by atoms with E-state index < -0.39 is 48.0 Å². The van der Waals surface area contributed by atoms with Gasteiger partial charge in [0, 0.05) is 6.92 Å². The first-order valence-corrected chi connectivity index (χ1v) is 6.09. The van der Waals surface area contributed by atoms with Gasteiger partial charge in [0.2, 0.25) is 17.6 Å². The van der Waals surface area contributed by atoms with E-state index in [1.165, 1.54) is 0 Å². The molecule has 1 rings (SSSR count). The van der Waals surface area contributed by atoms with Crippen molar-refractivity contribution >= 4 is 5.90 Å². The first kappa shape index (κ1) is 22.4. The Bertz CT molecular complexity index is 556. The van der Waals surface area contributed by atoms with Gasteiger partial charge < -0.3 is 4.74 Å². The van der Waals surface area contributed by atoms with Crippen molar-refractivity contribution in [3.8, 4) is 0 Å². The van der Waals surface area contributed by atoms with Crippen molar-refractivity contribution in [3.05, 3.63) is 12.7 Å². The molecule has 1 atom stereocenters. The van der Waals surface area contributed by atoms with Gasteiger partial charge in [-0.1, -0.05) is 6.58 Å². The van der Waals surface area contributed by atoms with Gasteiger partial charge in [-0.25, -0.2) is 4.99 Å². The van der Waals surface area contributed by atoms with Gasteiger partial charge in [0.25, 0.3) is 0 Å². The first-order valence-electron chi connectivity index (χ1n) is 6.09. The molecule has 0 aromatic heterocycles. The van der Waals surface area contributed by atoms with Crippen LogP contribution in [-0.4, -0.2) is 42.1 Å². The number of ether oxygens (including phenoxy) is 2. The van der Waals surface area contributed by atoms with Gasteiger partial charge in [-0.15, -0.1) is 0 Å². The van der Waals surface area contributed by atoms with Crippen LogP contribution < -0.4 is 0 Å². The average molecular weight is 413 g/mol. The minimum absolute atomic E-state index is 0.0255. The molecule has 0 radical (unpaired) electrons. The minimum Gasteiger partial charge on any atom is -0.445 e. The number of rotatable bonds is 2. The predicted octanol–water partition coefficient (Wildman–Crippen LogP) is 4.90. The fourth-order valence-corrected chi connectivity index (χ4v) is 1.80. The Labute approximate surface area is 136 Å². The highest BCUT2D eigenvalue weighted by Gasteiger charge is 2.78. The molecule has 0 aliphatic carbocycles. The topological polar surface area (TPSA) is 30.8 Å². The maximum atomic E-state index is 13.0. The number of nitrogens with zero attached hydrogens (tertiary/aromatic N) is 1. The summed E-state index contributed by atoms with van der Waals surface area (Å²) in [4.78, 5) is 1.57. The number of halogens is 12. The van der Waals surface area contributed by atoms with Crippen LogP contribution in [-0.2, 0) is 9.47 Å². The standard InChI is InChI=1S/C11H7F12NO2/c1-3-6(2)25-5(4(7(12,13)14)8(15,16)17)24-9(26-6,10(18,19)20)11(21,22)23/h3-4H,1H2,2H3. The number of aliphatic imine (C=N–C) groups is 1. The molecule has 0 N–H and O–H groups in total. The molecule has 1 aliphatic rings. The molecule has 15 heteroatoms. The molecule has 0 amide bonds. The van der Waals surface area contributed by atoms with Gasteiger partial charge in [0.1, 0.15) is 0 Å². The van der Waals surface area contributed by atoms with Crippen LogP contribution in [0.4, 0.5) is 52.7 Å². The molecule has 152 valence electrons. The van der Waals surface area contributed by atoms with Crippen LogP contribution in [0, 0.1) is 5.92 Å². The Morgan fingerprint density at radius 2 is 1.27 bits per heavy atom. The molecule has 26 heavy (non-hydrogen) atoms. The summed E-state index contributed by atoms with van der Waals surface area (Å²) in [5.74, 6) is -11.1. The molecule has 0 saturated heterocycles. The van der Waals surface area contributed by atoms with Crippen molar-refractivity contribution in [1.29, 1.82) is 0 Å². The Hall–Kier alpha value is -1.67. The summed E-state index contributed by atoms with van der Waals surface area (Å²) in [5, 5.41) is 0. The van der Waals surface area contributed by atoms with Crippen LogP contribution in [0.3, 0.4) is 0 Å². The second kappa shape index (κ2) is 5.92. The molecular weight excluding hydrogens is 406 g/mol. The van der Waals surface area contributed by atoms with E-state index in [2.05, 4.69) is 16.1 Å². The Morgan fingerprint density at radius 3 is 1.54 bits per heavy atom. The van der Waals surface area contributed by atoms with Crippen molar-refractivity contribution in [1.82, 2.24) is 0 Å². The van der Waals surface area contributed by atoms with E-state index in [1.54, 1.807) is 4.99 Å². The van der Waals surface area contributed by atoms with E-state index >= 15 is 0 Å². The van der Waals surface area contributed by atoms with Crippen molar-refractivity contribution in [2.24, 2.45) is 10.9 Å². The van der Waals surface area contributed by atoms with Gasteiger partial charge >= 0.3 is 30.4 Å². The smallest absolute Gasteiger partial charge is 0.445 e. The third-order valence-electron chi connectivity index (χ3n) is 2.97. The zero-order valence-corrected chi connectivity index (χ0v) is 12.2. The van der Waals surface area contributed by atoms with E-state index in [4.69, 9.17) is 0 Å². The second-order valence-corrected chi connectivity index (χ2v) is 5.03. The molecular formula is C11H7F12NO2. The number of alkyl halides is 12. The van der Waals surface area contributed by atoms with E-state index in [0.29, 0.717) is 0 Å². The highest BCUT2D eigenvalue weighted by Crippen LogP contribution is 2.53. The van der Waals surface area contributed by atoms with Crippen LogP contribution in [0.1, 0.15) is 6.92 Å². The zero-order valence-electron chi connectivity index (χ0n) is 12.2. The highest BCUT2D eigenvalue weighted by atomic mass is 19.4. The SMILES string of the molecule is C=CC1(C)OC(C(C(F)(F)F)C(F)(F)F)=NC(C(F)(F)F)(C(F)(F)F)O1. The monoisotopic (exact) mass is 413 g/mol. The lowest BCUT2D eigenvalue weighted by molar-refractivity contribution is -0.422. The lowest BCUT2D eigenvalue weighted by Gasteiger charge is -2.44. The molecule has 3 nitrogen and oxygen atoms in total. The summed E-state index contributed by atoms with van der Waals surface area (Å²) in [6.45, 7) is 2.91. The largest absolute Gasteiger partial charge is 0.448 e. The van der Waals surface area contributed by atoms with Gasteiger partial charge in [-0.2, -0.15) is 52.7 Å². The Kier molecular flexibility index (Phi) is 5.09. The summed E-state index contributed by atoms with van der Waals surface area (Å²) in [6, 6.07) is 0. The normalized spacial score (nSPS) is 24.9. The van der Waals surface area contributed by atoms with Gasteiger partial charge in [0.05, 0.1) is 0 Å². The van der Waals surface area contributed by atoms with Crippen LogP contribution in [0.2, 0.25) is 0 Å². The number of hydrogen-bond acceptors (Lipinski definition) is 3. The lowest BCUT2D eigenvalue weighted by atomic mass is 10.1. The van der Waals surface area contributed by atoms with E-state index in [-0.39, 0.29) is 13.0 Å². The first-order chi connectivity index (χ1) is 11.2. The fourth-order valence-electron chi connectivity index (χ4n) is 1.80. The third kappa shape index (κ3) is 3.86. The molecule has 1 heterocycles. The van der Waals surface area contributed by atoms with Gasteiger partial charge in [-0.05, 0) is 6.08 Å². The molecule has 1 unspecified atom stereocenters. The van der Waals surface area contributed by atoms with Gasteiger partial charge in [-0.3, -0.25) is 4.74 Å². The molecule has 0 aromatic rings. The highest BCUT2D eigenvalue weighted by molar-refractivity contribution is 5.82. The summed E-state index contributed by atoms with van der Waals surface area (Å²) in [7, 11) is 0. The lowest BCUT2D eigenvalue weighted by Crippen LogP contribution is -2.65. The summed E-state index contributed by atoms with van der Waals surface area (Å²) < 4.78 is 162. The van der Waals surface area contributed by atoms with Crippen molar-refractivity contribution in [2.75, 3.05) is 0 Å². The molecule has 0 saturated carbocycles. The van der Waals surface area contributed by atoms with Crippen LogP contribution >= 0.6 is 0 Å². The summed E-state index contributed by atoms with van der Waals surface area (Å²) in [6.07, 6.45) is -25.9. The maximum absolute atomic E-state index is 13.0. The second-order valence-electron chi connectivity index (χ2n) is 5.03. The Balaban J connectivity index is 3.85. The Morgan fingerprint density at radius 1 is 0.885 bits per heavy atom. The molecule has 0 aromatic carbocycles. The van der Waals surface area contributed by atoms with Gasteiger partial charge in [0.15, 0.2) is 0 Å². The third-order valence-corrected chi connectivity index (χ3v) is 2.97. The van der Waals surface area contributed by atoms with Crippen LogP contribution in [0.15, 0.2) is 17.6 Å². The zero-order chi connectivity index (χ0) is 21.0. The van der Waals surface area contributed by atoms with E-state index in [9.17, 15) is 52.7 Å². The van der Waals surface area contributed by atoms with Crippen LogP contribution in [0.25, 0.3) is 0 Å². The average Bonchev–Trinajstić information content (AvgIpc) is 2.31. The molecule has 1 aliphatic heterocycles. The predicted molar refractivity (Wildman–Crippen MR) is 58.6 cm³/mol. The summed E-state index contributed by atoms with van der Waals surface area (Å²) >= 11 is 0. The minimum atomic E-state index is -6.58. The summed E-state index contributed by atoms with van der Waals surface area (Å²) in [5.41, 5.74) is -5.73. The molecule has 0 fully saturated rings. The maximum Gasteiger partial charge on any atom is 0.448 e. The quantitative estimate of drug-likeness (QED) is 0.477. The fraction of sp³-hybridized carbons (Fsp3) is 0.727. The molecule has 0 bridgehead atoms. The van der Waals surface area contributed by atoms with Crippen molar-refractivity contribution < 1.29 is 62.2 Å². The van der Waals surface area contributed by atoms with E-state index in [1.807, 2.05) is 0 Å². The van der Waals surface area contributed by atoms with E-state index in [0.717, 1.165) is 0 Å². The van der Waals surface area contributed by atoms with Crippen molar-refractivity contribution in [2.45, 2.75) is 43.1 Å². The van der Waals surface area contributed by atoms with Crippen molar-refractivity contribution in [3.63, 3.8) is 0 Å².